The van der Waals surface area contributed by atoms with Gasteiger partial charge in [0.1, 0.15) is 18.1 Å². The number of hydrogen-bond acceptors (Lipinski definition) is 3. The van der Waals surface area contributed by atoms with Crippen molar-refractivity contribution in [1.29, 1.82) is 0 Å². The zero-order valence-corrected chi connectivity index (χ0v) is 15.3. The van der Waals surface area contributed by atoms with E-state index in [0.717, 1.165) is 22.4 Å². The third kappa shape index (κ3) is 5.11. The Morgan fingerprint density at radius 1 is 1.24 bits per heavy atom. The van der Waals surface area contributed by atoms with Crippen LogP contribution >= 0.6 is 0 Å². The van der Waals surface area contributed by atoms with E-state index in [0.29, 0.717) is 18.0 Å². The fourth-order valence-corrected chi connectivity index (χ4v) is 2.43. The first-order valence-electron chi connectivity index (χ1n) is 8.30. The predicted octanol–water partition coefficient (Wildman–Crippen LogP) is 4.58. The molecule has 1 amide bonds. The van der Waals surface area contributed by atoms with Gasteiger partial charge in [-0.3, -0.25) is 4.79 Å². The number of carbonyl (C=O) groups excluding carboxylic acids is 1. The van der Waals surface area contributed by atoms with Crippen molar-refractivity contribution in [2.75, 3.05) is 11.9 Å². The largest absolute Gasteiger partial charge is 0.489 e. The summed E-state index contributed by atoms with van der Waals surface area (Å²) in [6.07, 6.45) is 1.06. The summed E-state index contributed by atoms with van der Waals surface area (Å²) in [6.45, 7) is 11.8. The Morgan fingerprint density at radius 2 is 2.00 bits per heavy atom. The minimum atomic E-state index is -0.613. The highest BCUT2D eigenvalue weighted by molar-refractivity contribution is 5.94. The molecule has 25 heavy (non-hydrogen) atoms. The normalized spacial score (nSPS) is 11.5. The van der Waals surface area contributed by atoms with Crippen LogP contribution in [0.5, 0.6) is 11.5 Å². The highest BCUT2D eigenvalue weighted by atomic mass is 16.5. The van der Waals surface area contributed by atoms with Crippen molar-refractivity contribution in [2.24, 2.45) is 0 Å². The number of nitrogens with one attached hydrogen (secondary N) is 1. The third-order valence-corrected chi connectivity index (χ3v) is 3.91. The zero-order chi connectivity index (χ0) is 18.4. The quantitative estimate of drug-likeness (QED) is 0.751. The van der Waals surface area contributed by atoms with Gasteiger partial charge in [0.15, 0.2) is 6.10 Å². The Morgan fingerprint density at radius 3 is 2.72 bits per heavy atom. The molecule has 0 aliphatic heterocycles. The summed E-state index contributed by atoms with van der Waals surface area (Å²) in [6, 6.07) is 11.3. The maximum atomic E-state index is 12.4. The molecule has 0 aliphatic carbocycles. The average Bonchev–Trinajstić information content (AvgIpc) is 2.57. The SMILES string of the molecule is C=CCOc1cccc(NC(=O)[C@H](C)Oc2cc(C)cc(C)c2C)c1. The Labute approximate surface area is 149 Å². The number of carbonyl (C=O) groups is 1. The van der Waals surface area contributed by atoms with Crippen LogP contribution in [0.3, 0.4) is 0 Å². The average molecular weight is 339 g/mol. The Bertz CT molecular complexity index is 768. The van der Waals surface area contributed by atoms with Crippen LogP contribution < -0.4 is 14.8 Å². The van der Waals surface area contributed by atoms with Crippen LogP contribution in [0, 0.1) is 20.8 Å². The molecule has 0 bridgehead atoms. The molecule has 0 saturated carbocycles. The van der Waals surface area contributed by atoms with E-state index in [1.807, 2.05) is 45.0 Å². The van der Waals surface area contributed by atoms with Gasteiger partial charge in [-0.25, -0.2) is 0 Å². The highest BCUT2D eigenvalue weighted by Gasteiger charge is 2.17. The monoisotopic (exact) mass is 339 g/mol. The van der Waals surface area contributed by atoms with Crippen LogP contribution in [0.1, 0.15) is 23.6 Å². The van der Waals surface area contributed by atoms with Gasteiger partial charge in [0.25, 0.3) is 5.91 Å². The Hall–Kier alpha value is -2.75. The first-order chi connectivity index (χ1) is 11.9. The summed E-state index contributed by atoms with van der Waals surface area (Å²) in [5.74, 6) is 1.21. The Balaban J connectivity index is 2.04. The number of benzene rings is 2. The fourth-order valence-electron chi connectivity index (χ4n) is 2.43. The molecule has 0 heterocycles. The molecule has 4 nitrogen and oxygen atoms in total. The van der Waals surface area contributed by atoms with Gasteiger partial charge < -0.3 is 14.8 Å². The number of ether oxygens (including phenoxy) is 2. The van der Waals surface area contributed by atoms with Gasteiger partial charge in [-0.05, 0) is 62.6 Å². The van der Waals surface area contributed by atoms with Crippen molar-refractivity contribution in [1.82, 2.24) is 0 Å². The van der Waals surface area contributed by atoms with Gasteiger partial charge in [0, 0.05) is 11.8 Å². The van der Waals surface area contributed by atoms with E-state index in [-0.39, 0.29) is 5.91 Å². The molecule has 4 heteroatoms. The molecule has 0 saturated heterocycles. The maximum Gasteiger partial charge on any atom is 0.265 e. The molecule has 0 aliphatic rings. The standard InChI is InChI=1S/C21H25NO3/c1-6-10-24-19-9-7-8-18(13-19)22-21(23)17(5)25-20-12-14(2)11-15(3)16(20)4/h6-9,11-13,17H,1,10H2,2-5H3,(H,22,23)/t17-/m0/s1. The number of hydrogen-bond donors (Lipinski definition) is 1. The minimum Gasteiger partial charge on any atom is -0.489 e. The van der Waals surface area contributed by atoms with Crippen molar-refractivity contribution in [3.05, 3.63) is 65.7 Å². The molecule has 1 N–H and O–H groups in total. The van der Waals surface area contributed by atoms with E-state index < -0.39 is 6.10 Å². The second-order valence-electron chi connectivity index (χ2n) is 6.08. The molecule has 0 spiro atoms. The lowest BCUT2D eigenvalue weighted by Gasteiger charge is -2.18. The highest BCUT2D eigenvalue weighted by Crippen LogP contribution is 2.25. The minimum absolute atomic E-state index is 0.209. The lowest BCUT2D eigenvalue weighted by atomic mass is 10.1. The summed E-state index contributed by atoms with van der Waals surface area (Å²) in [7, 11) is 0. The first-order valence-corrected chi connectivity index (χ1v) is 8.30. The Kier molecular flexibility index (Phi) is 6.23. The van der Waals surface area contributed by atoms with Crippen LogP contribution in [0.2, 0.25) is 0 Å². The summed E-state index contributed by atoms with van der Waals surface area (Å²) >= 11 is 0. The first kappa shape index (κ1) is 18.6. The van der Waals surface area contributed by atoms with Crippen LogP contribution in [0.4, 0.5) is 5.69 Å². The second-order valence-corrected chi connectivity index (χ2v) is 6.08. The van der Waals surface area contributed by atoms with Crippen LogP contribution in [-0.4, -0.2) is 18.6 Å². The van der Waals surface area contributed by atoms with Crippen molar-refractivity contribution in [3.8, 4) is 11.5 Å². The number of amides is 1. The summed E-state index contributed by atoms with van der Waals surface area (Å²) in [4.78, 5) is 12.4. The van der Waals surface area contributed by atoms with Crippen molar-refractivity contribution in [3.63, 3.8) is 0 Å². The molecule has 1 atom stereocenters. The lowest BCUT2D eigenvalue weighted by molar-refractivity contribution is -0.122. The van der Waals surface area contributed by atoms with E-state index in [2.05, 4.69) is 18.0 Å². The van der Waals surface area contributed by atoms with Gasteiger partial charge in [0.2, 0.25) is 0 Å². The zero-order valence-electron chi connectivity index (χ0n) is 15.3. The van der Waals surface area contributed by atoms with E-state index >= 15 is 0 Å². The van der Waals surface area contributed by atoms with E-state index in [1.165, 1.54) is 0 Å². The topological polar surface area (TPSA) is 47.6 Å². The van der Waals surface area contributed by atoms with Crippen LogP contribution in [-0.2, 0) is 4.79 Å². The lowest BCUT2D eigenvalue weighted by Crippen LogP contribution is -2.30. The van der Waals surface area contributed by atoms with Crippen molar-refractivity contribution < 1.29 is 14.3 Å². The van der Waals surface area contributed by atoms with Crippen LogP contribution in [0.15, 0.2) is 49.1 Å². The van der Waals surface area contributed by atoms with E-state index in [1.54, 1.807) is 19.1 Å². The maximum absolute atomic E-state index is 12.4. The van der Waals surface area contributed by atoms with E-state index in [4.69, 9.17) is 9.47 Å². The predicted molar refractivity (Wildman–Crippen MR) is 102 cm³/mol. The molecule has 2 aromatic carbocycles. The molecule has 132 valence electrons. The molecule has 0 fully saturated rings. The summed E-state index contributed by atoms with van der Waals surface area (Å²) in [5.41, 5.74) is 3.97. The van der Waals surface area contributed by atoms with Crippen molar-refractivity contribution >= 4 is 11.6 Å². The molecular formula is C21H25NO3. The molecule has 2 rings (SSSR count). The summed E-state index contributed by atoms with van der Waals surface area (Å²) in [5, 5.41) is 2.86. The summed E-state index contributed by atoms with van der Waals surface area (Å²) < 4.78 is 11.4. The third-order valence-electron chi connectivity index (χ3n) is 3.91. The molecule has 2 aromatic rings. The van der Waals surface area contributed by atoms with E-state index in [9.17, 15) is 4.79 Å². The number of rotatable bonds is 7. The van der Waals surface area contributed by atoms with Gasteiger partial charge >= 0.3 is 0 Å². The van der Waals surface area contributed by atoms with Crippen LogP contribution in [0.25, 0.3) is 0 Å². The molecular weight excluding hydrogens is 314 g/mol. The van der Waals surface area contributed by atoms with Gasteiger partial charge in [0.05, 0.1) is 0 Å². The second kappa shape index (κ2) is 8.38. The van der Waals surface area contributed by atoms with Gasteiger partial charge in [-0.15, -0.1) is 0 Å². The smallest absolute Gasteiger partial charge is 0.265 e. The van der Waals surface area contributed by atoms with Gasteiger partial charge in [-0.1, -0.05) is 24.8 Å². The number of anilines is 1. The van der Waals surface area contributed by atoms with Gasteiger partial charge in [-0.2, -0.15) is 0 Å². The fraction of sp³-hybridized carbons (Fsp3) is 0.286. The van der Waals surface area contributed by atoms with Crippen molar-refractivity contribution in [2.45, 2.75) is 33.8 Å². The number of aryl methyl sites for hydroxylation is 2. The molecule has 0 aromatic heterocycles. The molecule has 0 unspecified atom stereocenters. The molecule has 0 radical (unpaired) electrons.